The quantitative estimate of drug-likeness (QED) is 0.306. The van der Waals surface area contributed by atoms with Crippen LogP contribution in [-0.2, 0) is 21.4 Å². The standard InChI is InChI=1S/C37H52N6O3S/c1-24-17-25(2)19-26(18-24)34-30(9-11-40-13-15-41(16-14-40)21-29(44)22-42-12-10-38-33(45)23-42)31-20-32(47-35(31)39-34)37(3,4)36(46)43-27-5-6-28(43)8-7-27/h17-20,27-29,39,44H,5-16,21-23H2,1-4H3,(H,38,45). The van der Waals surface area contributed by atoms with E-state index >= 15 is 0 Å². The van der Waals surface area contributed by atoms with Crippen molar-refractivity contribution in [3.63, 3.8) is 0 Å². The number of nitrogens with one attached hydrogen (secondary N) is 2. The predicted molar refractivity (Wildman–Crippen MR) is 189 cm³/mol. The molecule has 4 saturated heterocycles. The van der Waals surface area contributed by atoms with Gasteiger partial charge in [-0.1, -0.05) is 17.2 Å². The summed E-state index contributed by atoms with van der Waals surface area (Å²) in [5.74, 6) is 0.342. The predicted octanol–water partition coefficient (Wildman–Crippen LogP) is 3.90. The maximum Gasteiger partial charge on any atom is 0.234 e. The maximum atomic E-state index is 14.0. The third-order valence-electron chi connectivity index (χ3n) is 11.1. The van der Waals surface area contributed by atoms with Crippen molar-refractivity contribution in [3.05, 3.63) is 45.8 Å². The minimum atomic E-state index is -0.547. The number of aryl methyl sites for hydroxylation is 2. The molecule has 4 fully saturated rings. The van der Waals surface area contributed by atoms with Gasteiger partial charge in [-0.05, 0) is 89.1 Å². The maximum absolute atomic E-state index is 14.0. The van der Waals surface area contributed by atoms with Crippen molar-refractivity contribution >= 4 is 33.4 Å². The van der Waals surface area contributed by atoms with Crippen molar-refractivity contribution in [1.82, 2.24) is 29.9 Å². The van der Waals surface area contributed by atoms with Crippen molar-refractivity contribution in [1.29, 1.82) is 0 Å². The molecule has 254 valence electrons. The van der Waals surface area contributed by atoms with Gasteiger partial charge in [-0.3, -0.25) is 19.4 Å². The first-order valence-electron chi connectivity index (χ1n) is 17.7. The molecule has 2 bridgehead atoms. The lowest BCUT2D eigenvalue weighted by atomic mass is 9.88. The van der Waals surface area contributed by atoms with Gasteiger partial charge in [0.2, 0.25) is 11.8 Å². The number of aliphatic hydroxyl groups is 1. The molecular formula is C37H52N6O3S. The highest BCUT2D eigenvalue weighted by atomic mass is 32.1. The number of hydrogen-bond donors (Lipinski definition) is 3. The fraction of sp³-hybridized carbons (Fsp3) is 0.622. The molecule has 2 aromatic heterocycles. The van der Waals surface area contributed by atoms with Crippen molar-refractivity contribution in [3.8, 4) is 11.3 Å². The van der Waals surface area contributed by atoms with Gasteiger partial charge in [0.05, 0.1) is 23.8 Å². The molecule has 0 saturated carbocycles. The number of hydrogen-bond acceptors (Lipinski definition) is 7. The summed E-state index contributed by atoms with van der Waals surface area (Å²) in [7, 11) is 0. The van der Waals surface area contributed by atoms with Crippen LogP contribution in [-0.4, -0.2) is 125 Å². The van der Waals surface area contributed by atoms with Crippen molar-refractivity contribution in [2.75, 3.05) is 65.4 Å². The van der Waals surface area contributed by atoms with Crippen LogP contribution in [0, 0.1) is 13.8 Å². The van der Waals surface area contributed by atoms with Gasteiger partial charge in [0, 0.05) is 81.2 Å². The number of β-amino-alcohol motifs (C(OH)–C–C–N with tert-alkyl or cyclic N) is 1. The lowest BCUT2D eigenvalue weighted by Crippen LogP contribution is -2.53. The summed E-state index contributed by atoms with van der Waals surface area (Å²) in [4.78, 5) is 41.0. The molecule has 7 rings (SSSR count). The number of thiophene rings is 1. The molecule has 1 unspecified atom stereocenters. The van der Waals surface area contributed by atoms with E-state index < -0.39 is 11.5 Å². The van der Waals surface area contributed by atoms with Gasteiger partial charge in [-0.2, -0.15) is 0 Å². The molecule has 10 heteroatoms. The summed E-state index contributed by atoms with van der Waals surface area (Å²) >= 11 is 1.76. The van der Waals surface area contributed by atoms with E-state index in [1.165, 1.54) is 38.2 Å². The summed E-state index contributed by atoms with van der Waals surface area (Å²) in [6.07, 6.45) is 5.13. The topological polar surface area (TPSA) is 95.2 Å². The Hall–Kier alpha value is -2.76. The van der Waals surface area contributed by atoms with Gasteiger partial charge in [0.25, 0.3) is 0 Å². The van der Waals surface area contributed by atoms with Gasteiger partial charge in [0.15, 0.2) is 0 Å². The zero-order chi connectivity index (χ0) is 32.9. The van der Waals surface area contributed by atoms with Crippen LogP contribution in [0.4, 0.5) is 0 Å². The second kappa shape index (κ2) is 13.3. The number of aromatic nitrogens is 1. The highest BCUT2D eigenvalue weighted by Crippen LogP contribution is 2.44. The summed E-state index contributed by atoms with van der Waals surface area (Å²) in [5.41, 5.74) is 5.77. The minimum absolute atomic E-state index is 0.0436. The molecule has 1 atom stereocenters. The monoisotopic (exact) mass is 660 g/mol. The van der Waals surface area contributed by atoms with Crippen LogP contribution < -0.4 is 5.32 Å². The van der Waals surface area contributed by atoms with Gasteiger partial charge in [-0.25, -0.2) is 0 Å². The molecule has 1 aromatic carbocycles. The van der Waals surface area contributed by atoms with Crippen molar-refractivity contribution in [2.45, 2.75) is 83.4 Å². The number of rotatable bonds is 10. The Bertz CT molecular complexity index is 1580. The number of benzene rings is 1. The Balaban J connectivity index is 1.05. The first kappa shape index (κ1) is 32.8. The summed E-state index contributed by atoms with van der Waals surface area (Å²) < 4.78 is 0. The molecule has 2 amide bonds. The van der Waals surface area contributed by atoms with Gasteiger partial charge < -0.3 is 25.2 Å². The zero-order valence-corrected chi connectivity index (χ0v) is 29.4. The number of nitrogens with zero attached hydrogens (tertiary/aromatic N) is 4. The Morgan fingerprint density at radius 3 is 2.23 bits per heavy atom. The molecule has 6 heterocycles. The van der Waals surface area contributed by atoms with E-state index in [0.717, 1.165) is 76.2 Å². The van der Waals surface area contributed by atoms with E-state index in [1.54, 1.807) is 11.3 Å². The second-order valence-electron chi connectivity index (χ2n) is 15.1. The molecular weight excluding hydrogens is 609 g/mol. The molecule has 0 spiro atoms. The zero-order valence-electron chi connectivity index (χ0n) is 28.6. The van der Waals surface area contributed by atoms with Crippen LogP contribution in [0.3, 0.4) is 0 Å². The normalized spacial score (nSPS) is 23.6. The molecule has 3 aromatic rings. The first-order valence-corrected chi connectivity index (χ1v) is 18.5. The molecule has 47 heavy (non-hydrogen) atoms. The van der Waals surface area contributed by atoms with Crippen LogP contribution in [0.2, 0.25) is 0 Å². The van der Waals surface area contributed by atoms with E-state index in [4.69, 9.17) is 0 Å². The van der Waals surface area contributed by atoms with Crippen LogP contribution in [0.1, 0.15) is 61.1 Å². The largest absolute Gasteiger partial charge is 0.390 e. The summed E-state index contributed by atoms with van der Waals surface area (Å²) in [6, 6.07) is 9.98. The number of piperazine rings is 2. The number of carbonyl (C=O) groups is 2. The van der Waals surface area contributed by atoms with Crippen molar-refractivity contribution < 1.29 is 14.7 Å². The van der Waals surface area contributed by atoms with E-state index in [0.29, 0.717) is 44.2 Å². The number of amides is 2. The highest BCUT2D eigenvalue weighted by molar-refractivity contribution is 7.19. The number of aromatic amines is 1. The average molecular weight is 661 g/mol. The lowest BCUT2D eigenvalue weighted by Gasteiger charge is -2.36. The van der Waals surface area contributed by atoms with E-state index in [2.05, 4.69) is 77.0 Å². The molecule has 3 N–H and O–H groups in total. The Morgan fingerprint density at radius 2 is 1.57 bits per heavy atom. The Morgan fingerprint density at radius 1 is 0.936 bits per heavy atom. The van der Waals surface area contributed by atoms with Crippen LogP contribution >= 0.6 is 11.3 Å². The number of carbonyl (C=O) groups excluding carboxylic acids is 2. The van der Waals surface area contributed by atoms with E-state index in [-0.39, 0.29) is 5.91 Å². The Labute approximate surface area is 283 Å². The van der Waals surface area contributed by atoms with E-state index in [1.807, 2.05) is 4.90 Å². The summed E-state index contributed by atoms with van der Waals surface area (Å²) in [5, 5.41) is 14.9. The number of aliphatic hydroxyl groups excluding tert-OH is 1. The first-order chi connectivity index (χ1) is 22.5. The molecule has 9 nitrogen and oxygen atoms in total. The van der Waals surface area contributed by atoms with E-state index in [9.17, 15) is 14.7 Å². The van der Waals surface area contributed by atoms with Gasteiger partial charge in [-0.15, -0.1) is 11.3 Å². The third-order valence-corrected chi connectivity index (χ3v) is 12.5. The van der Waals surface area contributed by atoms with Gasteiger partial charge >= 0.3 is 0 Å². The second-order valence-corrected chi connectivity index (χ2v) is 16.2. The lowest BCUT2D eigenvalue weighted by molar-refractivity contribution is -0.137. The van der Waals surface area contributed by atoms with Gasteiger partial charge in [0.1, 0.15) is 4.83 Å². The minimum Gasteiger partial charge on any atom is -0.390 e. The van der Waals surface area contributed by atoms with Crippen molar-refractivity contribution in [2.24, 2.45) is 0 Å². The molecule has 0 aliphatic carbocycles. The average Bonchev–Trinajstić information content (AvgIpc) is 3.81. The fourth-order valence-corrected chi connectivity index (χ4v) is 9.79. The van der Waals surface area contributed by atoms with Crippen LogP contribution in [0.5, 0.6) is 0 Å². The smallest absolute Gasteiger partial charge is 0.234 e. The highest BCUT2D eigenvalue weighted by Gasteiger charge is 2.47. The third kappa shape index (κ3) is 6.77. The molecule has 4 aliphatic heterocycles. The van der Waals surface area contributed by atoms with Crippen LogP contribution in [0.15, 0.2) is 24.3 Å². The molecule has 0 radical (unpaired) electrons. The number of fused-ring (bicyclic) bond motifs is 3. The van der Waals surface area contributed by atoms with Crippen LogP contribution in [0.25, 0.3) is 21.5 Å². The SMILES string of the molecule is Cc1cc(C)cc(-c2[nH]c3sc(C(C)(C)C(=O)N4C5CCC4CC5)cc3c2CCN2CCN(CC(O)CN3CCNC(=O)C3)CC2)c1. The molecule has 4 aliphatic rings. The number of H-pyrrole nitrogens is 1. The summed E-state index contributed by atoms with van der Waals surface area (Å²) in [6.45, 7) is 16.4. The Kier molecular flexibility index (Phi) is 9.25. The fourth-order valence-electron chi connectivity index (χ4n) is 8.60.